The maximum Gasteiger partial charge on any atom is 0.252 e. The molecule has 0 fully saturated rings. The van der Waals surface area contributed by atoms with Gasteiger partial charge < -0.3 is 18.9 Å². The molecular formula is C144H143BN4. The molecule has 0 N–H and O–H groups in total. The van der Waals surface area contributed by atoms with Crippen LogP contribution >= 0.6 is 0 Å². The molecule has 2 aromatic heterocycles. The lowest BCUT2D eigenvalue weighted by atomic mass is 9.33. The van der Waals surface area contributed by atoms with Crippen molar-refractivity contribution in [2.75, 3.05) is 22.9 Å². The summed E-state index contributed by atoms with van der Waals surface area (Å²) in [7, 11) is 0. The van der Waals surface area contributed by atoms with Crippen molar-refractivity contribution < 1.29 is 0 Å². The van der Waals surface area contributed by atoms with E-state index in [9.17, 15) is 0 Å². The zero-order valence-corrected chi connectivity index (χ0v) is 91.7. The highest BCUT2D eigenvalue weighted by molar-refractivity contribution is 7.00. The highest BCUT2D eigenvalue weighted by Gasteiger charge is 2.54. The average molecular weight is 1940 g/mol. The number of hydrogen-bond donors (Lipinski definition) is 0. The van der Waals surface area contributed by atoms with Gasteiger partial charge in [-0.05, 0) is 351 Å². The Kier molecular flexibility index (Phi) is 22.4. The van der Waals surface area contributed by atoms with Crippen LogP contribution in [0, 0.1) is 0 Å². The molecule has 2 aliphatic heterocycles. The summed E-state index contributed by atoms with van der Waals surface area (Å²) < 4.78 is 5.23. The first-order valence-electron chi connectivity index (χ1n) is 55.7. The first-order chi connectivity index (χ1) is 71.3. The molecule has 4 nitrogen and oxygen atoms in total. The third kappa shape index (κ3) is 15.4. The number of benzene rings is 17. The molecule has 2 spiro atoms. The molecule has 149 heavy (non-hydrogen) atoms. The van der Waals surface area contributed by atoms with Crippen LogP contribution in [0.15, 0.2) is 340 Å². The number of unbranched alkanes of at least 4 members (excludes halogenated alkanes) is 6. The van der Waals surface area contributed by atoms with Crippen molar-refractivity contribution in [3.05, 3.63) is 434 Å². The van der Waals surface area contributed by atoms with Gasteiger partial charge in [0.2, 0.25) is 0 Å². The minimum absolute atomic E-state index is 0.0362. The summed E-state index contributed by atoms with van der Waals surface area (Å²) >= 11 is 0. The zero-order valence-electron chi connectivity index (χ0n) is 91.7. The van der Waals surface area contributed by atoms with Crippen molar-refractivity contribution in [3.8, 4) is 78.1 Å². The van der Waals surface area contributed by atoms with Gasteiger partial charge in [0.1, 0.15) is 0 Å². The molecule has 17 aromatic carbocycles. The van der Waals surface area contributed by atoms with Crippen molar-refractivity contribution in [3.63, 3.8) is 0 Å². The van der Waals surface area contributed by atoms with E-state index in [1.807, 2.05) is 0 Å². The van der Waals surface area contributed by atoms with Crippen LogP contribution in [0.3, 0.4) is 0 Å². The average Bonchev–Trinajstić information content (AvgIpc) is 1.51. The lowest BCUT2D eigenvalue weighted by Crippen LogP contribution is -2.62. The third-order valence-electron chi connectivity index (χ3n) is 35.3. The normalized spacial score (nSPS) is 14.5. The van der Waals surface area contributed by atoms with E-state index in [4.69, 9.17) is 0 Å². The Morgan fingerprint density at radius 1 is 0.208 bits per heavy atom. The van der Waals surface area contributed by atoms with Gasteiger partial charge >= 0.3 is 0 Å². The number of anilines is 4. The van der Waals surface area contributed by atoms with Crippen LogP contribution in [0.5, 0.6) is 0 Å². The molecule has 4 heterocycles. The second-order valence-corrected chi connectivity index (χ2v) is 51.9. The fourth-order valence-corrected chi connectivity index (χ4v) is 27.2. The van der Waals surface area contributed by atoms with Crippen LogP contribution in [0.25, 0.3) is 122 Å². The lowest BCUT2D eigenvalue weighted by Gasteiger charge is -2.45. The summed E-state index contributed by atoms with van der Waals surface area (Å²) in [6.45, 7) is 51.7. The molecule has 0 saturated carbocycles. The molecule has 5 heteroatoms. The van der Waals surface area contributed by atoms with Gasteiger partial charge in [-0.15, -0.1) is 0 Å². The van der Waals surface area contributed by atoms with E-state index in [1.54, 1.807) is 0 Å². The van der Waals surface area contributed by atoms with E-state index < -0.39 is 10.8 Å². The number of rotatable bonds is 18. The van der Waals surface area contributed by atoms with Gasteiger partial charge in [0.05, 0.1) is 32.9 Å². The highest BCUT2D eigenvalue weighted by atomic mass is 15.2. The molecule has 25 rings (SSSR count). The molecule has 0 saturated heterocycles. The van der Waals surface area contributed by atoms with E-state index in [0.29, 0.717) is 0 Å². The molecule has 19 aromatic rings. The fraction of sp³-hybridized carbons (Fsp3) is 0.292. The Balaban J connectivity index is 0.597. The molecule has 0 unspecified atom stereocenters. The monoisotopic (exact) mass is 1940 g/mol. The standard InChI is InChI=1S/C144H143BN4/c1-136(2,3)94-60-56-90(111(80-94)92-58-68-109-107-48-32-38-54-121(107)143(123(109)78-92)117-50-34-28-44-103(117)104-45-29-35-51-118(104)143)42-26-22-24-40-76-146-131-88-101(148-127-72-62-96(138(7,8)9)82-113(127)114-83-97(139(10,11)12)63-73-128(114)148)66-70-125(131)145-126-71-67-102(149-129-74-64-98(140(13,14)15)84-115(129)116-85-99(141(16,17)18)65-75-130(116)149)89-132(126)147(134-87-100(142(19,20)21)86-133(146)135(134)145)77-41-25-23-27-43-91-57-61-95(137(4,5)6)81-112(91)93-59-69-110-108-49-33-39-55-122(108)144(124(110)79-93)119-52-36-30-46-105(119)106-47-31-37-53-120(106)144/h28-39,44-75,78-89H,22-27,40-43,76-77H2,1-21H3. The van der Waals surface area contributed by atoms with Gasteiger partial charge in [0.15, 0.2) is 0 Å². The van der Waals surface area contributed by atoms with Crippen molar-refractivity contribution in [1.29, 1.82) is 0 Å². The topological polar surface area (TPSA) is 16.3 Å². The predicted molar refractivity (Wildman–Crippen MR) is 638 cm³/mol. The molecule has 0 atom stereocenters. The maximum absolute atomic E-state index is 2.85. The SMILES string of the molecule is CC(C)(C)c1ccc(CCCCCCN2c3cc(-n4c5ccc(C(C)(C)C)cc5c5cc(C(C)(C)C)ccc54)ccc3B3c4ccc(-n5c6ccc(C(C)(C)C)cc6c6cc(C(C)(C)C)ccc65)cc4N(CCCCCCc4ccc(C(C)(C)C)cc4-c4ccc5c(c4)C4(c6ccccc6-c6ccccc64)c4ccccc4-5)c4cc(C(C)(C)C)cc2c43)c(-c2ccc3c(c2)C2(c4ccccc4-c4ccccc42)c2ccccc2-3)c1. The fourth-order valence-electron chi connectivity index (χ4n) is 27.2. The van der Waals surface area contributed by atoms with Crippen molar-refractivity contribution in [1.82, 2.24) is 9.13 Å². The van der Waals surface area contributed by atoms with Crippen molar-refractivity contribution in [2.24, 2.45) is 0 Å². The summed E-state index contributed by atoms with van der Waals surface area (Å²) in [6.07, 6.45) is 10.6. The quantitative estimate of drug-likeness (QED) is 0.0629. The van der Waals surface area contributed by atoms with E-state index in [1.165, 1.54) is 255 Å². The Bertz CT molecular complexity index is 7950. The Labute approximate surface area is 885 Å². The second-order valence-electron chi connectivity index (χ2n) is 51.9. The summed E-state index contributed by atoms with van der Waals surface area (Å²) in [5.74, 6) is 0. The largest absolute Gasteiger partial charge is 0.342 e. The molecule has 0 amide bonds. The number of hydrogen-bond acceptors (Lipinski definition) is 2. The smallest absolute Gasteiger partial charge is 0.252 e. The summed E-state index contributed by atoms with van der Waals surface area (Å²) in [4.78, 5) is 5.69. The van der Waals surface area contributed by atoms with Crippen LogP contribution in [-0.2, 0) is 61.6 Å². The lowest BCUT2D eigenvalue weighted by molar-refractivity contribution is 0.589. The van der Waals surface area contributed by atoms with E-state index in [2.05, 4.69) is 504 Å². The van der Waals surface area contributed by atoms with Crippen LogP contribution in [0.4, 0.5) is 22.7 Å². The molecule has 0 radical (unpaired) electrons. The van der Waals surface area contributed by atoms with Gasteiger partial charge in [-0.2, -0.15) is 0 Å². The first-order valence-corrected chi connectivity index (χ1v) is 55.7. The van der Waals surface area contributed by atoms with Crippen LogP contribution in [0.2, 0.25) is 0 Å². The third-order valence-corrected chi connectivity index (χ3v) is 35.3. The van der Waals surface area contributed by atoms with Crippen LogP contribution in [0.1, 0.15) is 291 Å². The molecule has 742 valence electrons. The Morgan fingerprint density at radius 3 is 0.772 bits per heavy atom. The Hall–Kier alpha value is -14.0. The number of fused-ring (bicyclic) bond motifs is 30. The number of aromatic nitrogens is 2. The van der Waals surface area contributed by atoms with Crippen LogP contribution in [-0.4, -0.2) is 28.9 Å². The van der Waals surface area contributed by atoms with Gasteiger partial charge in [0.25, 0.3) is 6.71 Å². The molecule has 4 aliphatic carbocycles. The Morgan fingerprint density at radius 2 is 0.477 bits per heavy atom. The van der Waals surface area contributed by atoms with Crippen molar-refractivity contribution >= 4 is 89.5 Å². The predicted octanol–water partition coefficient (Wildman–Crippen LogP) is 36.0. The van der Waals surface area contributed by atoms with E-state index >= 15 is 0 Å². The van der Waals surface area contributed by atoms with Gasteiger partial charge in [-0.1, -0.05) is 414 Å². The summed E-state index contributed by atoms with van der Waals surface area (Å²) in [5.41, 5.74) is 55.1. The molecule has 0 bridgehead atoms. The minimum Gasteiger partial charge on any atom is -0.342 e. The minimum atomic E-state index is -0.420. The van der Waals surface area contributed by atoms with E-state index in [0.717, 1.165) is 77.3 Å². The first kappa shape index (κ1) is 95.9. The van der Waals surface area contributed by atoms with E-state index in [-0.39, 0.29) is 44.6 Å². The van der Waals surface area contributed by atoms with Gasteiger partial charge in [0, 0.05) is 68.8 Å². The molecular weight excluding hydrogens is 1800 g/mol. The highest BCUT2D eigenvalue weighted by Crippen LogP contribution is 2.66. The molecule has 6 aliphatic rings. The number of nitrogens with zero attached hydrogens (tertiary/aromatic N) is 4. The summed E-state index contributed by atoms with van der Waals surface area (Å²) in [6, 6.07) is 136. The van der Waals surface area contributed by atoms with Gasteiger partial charge in [-0.3, -0.25) is 0 Å². The number of aryl methyl sites for hydroxylation is 2. The second kappa shape index (κ2) is 34.8. The van der Waals surface area contributed by atoms with Gasteiger partial charge in [-0.25, -0.2) is 0 Å². The maximum atomic E-state index is 2.85. The zero-order chi connectivity index (χ0) is 103. The summed E-state index contributed by atoms with van der Waals surface area (Å²) in [5, 5.41) is 5.23. The van der Waals surface area contributed by atoms with Crippen LogP contribution < -0.4 is 26.2 Å². The van der Waals surface area contributed by atoms with Crippen molar-refractivity contribution in [2.45, 2.75) is 258 Å².